The van der Waals surface area contributed by atoms with E-state index in [1.807, 2.05) is 80.3 Å². The first-order valence-electron chi connectivity index (χ1n) is 10.7. The number of carbonyl (C=O) groups is 1. The summed E-state index contributed by atoms with van der Waals surface area (Å²) in [6.07, 6.45) is 0.885. The highest BCUT2D eigenvalue weighted by Crippen LogP contribution is 2.33. The van der Waals surface area contributed by atoms with Crippen molar-refractivity contribution >= 4 is 5.91 Å². The molecule has 0 aliphatic rings. The number of para-hydroxylation sites is 1. The van der Waals surface area contributed by atoms with Gasteiger partial charge >= 0.3 is 0 Å². The Hall–Kier alpha value is -3.28. The second-order valence-corrected chi connectivity index (χ2v) is 7.81. The molecule has 1 aromatic heterocycles. The molecule has 2 aromatic carbocycles. The number of hydrogen-bond acceptors (Lipinski definition) is 4. The van der Waals surface area contributed by atoms with Crippen molar-refractivity contribution in [2.75, 3.05) is 13.7 Å². The number of carbonyl (C=O) groups excluding carboxylic acids is 1. The van der Waals surface area contributed by atoms with Crippen molar-refractivity contribution in [3.05, 3.63) is 65.9 Å². The van der Waals surface area contributed by atoms with Crippen molar-refractivity contribution in [1.29, 1.82) is 0 Å². The fraction of sp³-hybridized carbons (Fsp3) is 0.360. The molecule has 0 N–H and O–H groups in total. The Labute approximate surface area is 184 Å². The van der Waals surface area contributed by atoms with Crippen LogP contribution >= 0.6 is 0 Å². The van der Waals surface area contributed by atoms with Crippen LogP contribution in [-0.2, 0) is 11.3 Å². The predicted octanol–water partition coefficient (Wildman–Crippen LogP) is 5.38. The van der Waals surface area contributed by atoms with E-state index in [9.17, 15) is 4.79 Å². The third-order valence-corrected chi connectivity index (χ3v) is 5.04. The lowest BCUT2D eigenvalue weighted by Crippen LogP contribution is -2.34. The van der Waals surface area contributed by atoms with Crippen molar-refractivity contribution < 1.29 is 14.3 Å². The first-order valence-corrected chi connectivity index (χ1v) is 10.7. The highest BCUT2D eigenvalue weighted by atomic mass is 16.5. The maximum atomic E-state index is 12.8. The SMILES string of the molecule is CCCN(Cc1c(C)nn(-c2ccccc2)c1Oc1cccc(OC)c1)C(=O)C(C)C. The third-order valence-electron chi connectivity index (χ3n) is 5.04. The van der Waals surface area contributed by atoms with Crippen molar-refractivity contribution in [3.63, 3.8) is 0 Å². The van der Waals surface area contributed by atoms with E-state index in [0.717, 1.165) is 23.4 Å². The summed E-state index contributed by atoms with van der Waals surface area (Å²) in [5, 5.41) is 4.76. The summed E-state index contributed by atoms with van der Waals surface area (Å²) < 4.78 is 13.5. The molecule has 0 saturated heterocycles. The van der Waals surface area contributed by atoms with Gasteiger partial charge in [-0.3, -0.25) is 4.79 Å². The largest absolute Gasteiger partial charge is 0.497 e. The zero-order valence-corrected chi connectivity index (χ0v) is 19.0. The molecule has 3 aromatic rings. The first kappa shape index (κ1) is 22.4. The molecule has 0 atom stereocenters. The summed E-state index contributed by atoms with van der Waals surface area (Å²) in [6, 6.07) is 17.3. The number of benzene rings is 2. The van der Waals surface area contributed by atoms with Gasteiger partial charge in [0.25, 0.3) is 0 Å². The van der Waals surface area contributed by atoms with Gasteiger partial charge in [0.1, 0.15) is 11.5 Å². The van der Waals surface area contributed by atoms with E-state index in [1.165, 1.54) is 0 Å². The van der Waals surface area contributed by atoms with Gasteiger partial charge in [-0.15, -0.1) is 0 Å². The smallest absolute Gasteiger partial charge is 0.227 e. The summed E-state index contributed by atoms with van der Waals surface area (Å²) >= 11 is 0. The Morgan fingerprint density at radius 3 is 2.45 bits per heavy atom. The Kier molecular flexibility index (Phi) is 7.34. The van der Waals surface area contributed by atoms with E-state index in [2.05, 4.69) is 6.92 Å². The molecule has 0 saturated carbocycles. The van der Waals surface area contributed by atoms with Crippen LogP contribution in [0.15, 0.2) is 54.6 Å². The highest BCUT2D eigenvalue weighted by Gasteiger charge is 2.24. The van der Waals surface area contributed by atoms with Crippen LogP contribution in [0.4, 0.5) is 0 Å². The molecule has 3 rings (SSSR count). The fourth-order valence-corrected chi connectivity index (χ4v) is 3.44. The molecular formula is C25H31N3O3. The fourth-order valence-electron chi connectivity index (χ4n) is 3.44. The summed E-state index contributed by atoms with van der Waals surface area (Å²) in [5.74, 6) is 2.02. The number of methoxy groups -OCH3 is 1. The van der Waals surface area contributed by atoms with Gasteiger partial charge in [0, 0.05) is 18.5 Å². The molecule has 0 aliphatic carbocycles. The van der Waals surface area contributed by atoms with Crippen molar-refractivity contribution in [3.8, 4) is 23.1 Å². The minimum atomic E-state index is -0.0706. The average Bonchev–Trinajstić information content (AvgIpc) is 3.08. The molecule has 0 spiro atoms. The molecule has 6 heteroatoms. The minimum Gasteiger partial charge on any atom is -0.497 e. The Morgan fingerprint density at radius 1 is 1.10 bits per heavy atom. The van der Waals surface area contributed by atoms with E-state index >= 15 is 0 Å². The zero-order valence-electron chi connectivity index (χ0n) is 19.0. The molecule has 1 amide bonds. The Balaban J connectivity index is 2.07. The lowest BCUT2D eigenvalue weighted by atomic mass is 10.1. The average molecular weight is 422 g/mol. The van der Waals surface area contributed by atoms with Gasteiger partial charge in [0.05, 0.1) is 30.6 Å². The van der Waals surface area contributed by atoms with E-state index in [4.69, 9.17) is 14.6 Å². The summed E-state index contributed by atoms with van der Waals surface area (Å²) in [5.41, 5.74) is 2.63. The van der Waals surface area contributed by atoms with Crippen LogP contribution in [0.2, 0.25) is 0 Å². The molecule has 6 nitrogen and oxygen atoms in total. The van der Waals surface area contributed by atoms with Crippen LogP contribution in [0, 0.1) is 12.8 Å². The second-order valence-electron chi connectivity index (χ2n) is 7.81. The van der Waals surface area contributed by atoms with Gasteiger partial charge in [0.2, 0.25) is 11.8 Å². The summed E-state index contributed by atoms with van der Waals surface area (Å²) in [4.78, 5) is 14.7. The molecule has 0 unspecified atom stereocenters. The van der Waals surface area contributed by atoms with Gasteiger partial charge in [-0.25, -0.2) is 4.68 Å². The quantitative estimate of drug-likeness (QED) is 0.466. The second kappa shape index (κ2) is 10.2. The summed E-state index contributed by atoms with van der Waals surface area (Å²) in [7, 11) is 1.63. The standard InChI is InChI=1S/C25H31N3O3/c1-6-15-27(24(29)18(2)3)17-23-19(4)26-28(20-11-8-7-9-12-20)25(23)31-22-14-10-13-21(16-22)30-5/h7-14,16,18H,6,15,17H2,1-5H3. The third kappa shape index (κ3) is 5.26. The van der Waals surface area contributed by atoms with Crippen molar-refractivity contribution in [2.45, 2.75) is 40.7 Å². The lowest BCUT2D eigenvalue weighted by Gasteiger charge is -2.24. The van der Waals surface area contributed by atoms with Gasteiger partial charge in [-0.2, -0.15) is 5.10 Å². The van der Waals surface area contributed by atoms with Gasteiger partial charge in [0.15, 0.2) is 0 Å². The molecule has 0 aliphatic heterocycles. The number of aromatic nitrogens is 2. The zero-order chi connectivity index (χ0) is 22.4. The van der Waals surface area contributed by atoms with E-state index in [-0.39, 0.29) is 11.8 Å². The van der Waals surface area contributed by atoms with Crippen LogP contribution in [0.3, 0.4) is 0 Å². The van der Waals surface area contributed by atoms with Gasteiger partial charge < -0.3 is 14.4 Å². The maximum Gasteiger partial charge on any atom is 0.227 e. The molecule has 0 bridgehead atoms. The predicted molar refractivity (Wildman–Crippen MR) is 122 cm³/mol. The van der Waals surface area contributed by atoms with Crippen molar-refractivity contribution in [1.82, 2.24) is 14.7 Å². The van der Waals surface area contributed by atoms with E-state index < -0.39 is 0 Å². The molecule has 1 heterocycles. The van der Waals surface area contributed by atoms with Crippen LogP contribution in [-0.4, -0.2) is 34.2 Å². The molecule has 0 radical (unpaired) electrons. The molecule has 31 heavy (non-hydrogen) atoms. The van der Waals surface area contributed by atoms with Crippen LogP contribution < -0.4 is 9.47 Å². The number of hydrogen-bond donors (Lipinski definition) is 0. The normalized spacial score (nSPS) is 10.9. The molecule has 164 valence electrons. The van der Waals surface area contributed by atoms with Crippen LogP contribution in [0.25, 0.3) is 5.69 Å². The Morgan fingerprint density at radius 2 is 1.81 bits per heavy atom. The molecular weight excluding hydrogens is 390 g/mol. The Bertz CT molecular complexity index is 1010. The molecule has 0 fully saturated rings. The number of aryl methyl sites for hydroxylation is 1. The summed E-state index contributed by atoms with van der Waals surface area (Å²) in [6.45, 7) is 9.03. The first-order chi connectivity index (χ1) is 14.9. The lowest BCUT2D eigenvalue weighted by molar-refractivity contribution is -0.135. The van der Waals surface area contributed by atoms with E-state index in [0.29, 0.717) is 30.5 Å². The van der Waals surface area contributed by atoms with Gasteiger partial charge in [-0.1, -0.05) is 45.0 Å². The highest BCUT2D eigenvalue weighted by molar-refractivity contribution is 5.78. The van der Waals surface area contributed by atoms with Crippen LogP contribution in [0.5, 0.6) is 17.4 Å². The number of nitrogens with zero attached hydrogens (tertiary/aromatic N) is 3. The minimum absolute atomic E-state index is 0.0706. The van der Waals surface area contributed by atoms with Gasteiger partial charge in [-0.05, 0) is 37.6 Å². The van der Waals surface area contributed by atoms with Crippen molar-refractivity contribution in [2.24, 2.45) is 5.92 Å². The maximum absolute atomic E-state index is 12.8. The number of rotatable bonds is 9. The monoisotopic (exact) mass is 421 g/mol. The topological polar surface area (TPSA) is 56.6 Å². The van der Waals surface area contributed by atoms with Crippen LogP contribution in [0.1, 0.15) is 38.4 Å². The van der Waals surface area contributed by atoms with E-state index in [1.54, 1.807) is 11.8 Å². The number of amides is 1. The number of ether oxygens (including phenoxy) is 2.